The SMILES string of the molecule is CC(C)C[NH-].CC(C)C[NH-].CC(C)C[NH-].[F][GeH]([F])[c-]1cccc1.[Zr+4]. The van der Waals surface area contributed by atoms with Crippen LogP contribution in [0.25, 0.3) is 17.2 Å². The molecule has 0 amide bonds. The summed E-state index contributed by atoms with van der Waals surface area (Å²) in [6, 6.07) is 6.27. The van der Waals surface area contributed by atoms with Gasteiger partial charge in [0, 0.05) is 0 Å². The van der Waals surface area contributed by atoms with E-state index in [2.05, 4.69) is 0 Å². The average molecular weight is 483 g/mol. The third-order valence-corrected chi connectivity index (χ3v) is 4.03. The summed E-state index contributed by atoms with van der Waals surface area (Å²) in [7, 11) is 0. The van der Waals surface area contributed by atoms with Crippen molar-refractivity contribution in [3.63, 3.8) is 0 Å². The first-order valence-corrected chi connectivity index (χ1v) is 11.1. The fourth-order valence-corrected chi connectivity index (χ4v) is 1.61. The molecule has 1 aromatic rings. The molecule has 24 heavy (non-hydrogen) atoms. The van der Waals surface area contributed by atoms with E-state index >= 15 is 0 Å². The topological polar surface area (TPSA) is 71.4 Å². The second-order valence-corrected chi connectivity index (χ2v) is 8.97. The summed E-state index contributed by atoms with van der Waals surface area (Å²) in [4.78, 5) is 0. The van der Waals surface area contributed by atoms with Gasteiger partial charge >= 0.3 is 77.1 Å². The summed E-state index contributed by atoms with van der Waals surface area (Å²) in [5.41, 5.74) is 20.0. The number of rotatable bonds is 4. The van der Waals surface area contributed by atoms with Crippen molar-refractivity contribution in [2.45, 2.75) is 41.5 Å². The Morgan fingerprint density at radius 1 is 0.750 bits per heavy atom. The van der Waals surface area contributed by atoms with Gasteiger partial charge in [-0.2, -0.15) is 0 Å². The number of hydrogen-bond donors (Lipinski definition) is 0. The van der Waals surface area contributed by atoms with Gasteiger partial charge in [0.1, 0.15) is 0 Å². The summed E-state index contributed by atoms with van der Waals surface area (Å²) >= 11 is -3.89. The van der Waals surface area contributed by atoms with Crippen molar-refractivity contribution in [3.8, 4) is 0 Å². The summed E-state index contributed by atoms with van der Waals surface area (Å²) < 4.78 is 23.9. The van der Waals surface area contributed by atoms with E-state index in [1.807, 2.05) is 41.5 Å². The Morgan fingerprint density at radius 3 is 1.04 bits per heavy atom. The summed E-state index contributed by atoms with van der Waals surface area (Å²) in [5.74, 6) is 1.65. The Morgan fingerprint density at radius 2 is 0.958 bits per heavy atom. The molecule has 3 N–H and O–H groups in total. The number of nitrogens with one attached hydrogen (secondary N) is 3. The minimum Gasteiger partial charge on any atom is 4.00 e. The predicted molar refractivity (Wildman–Crippen MR) is 103 cm³/mol. The van der Waals surface area contributed by atoms with Gasteiger partial charge in [0.25, 0.3) is 0 Å². The summed E-state index contributed by atoms with van der Waals surface area (Å²) in [6.45, 7) is 13.9. The largest absolute Gasteiger partial charge is 4.00 e. The van der Waals surface area contributed by atoms with Crippen LogP contribution in [-0.2, 0) is 26.2 Å². The van der Waals surface area contributed by atoms with Gasteiger partial charge in [-0.15, -0.1) is 19.6 Å². The fourth-order valence-electron chi connectivity index (χ4n) is 0.534. The van der Waals surface area contributed by atoms with Crippen molar-refractivity contribution in [2.24, 2.45) is 17.8 Å². The molecule has 0 saturated carbocycles. The van der Waals surface area contributed by atoms with Gasteiger partial charge < -0.3 is 17.2 Å². The molecule has 3 nitrogen and oxygen atoms in total. The van der Waals surface area contributed by atoms with Crippen LogP contribution < -0.4 is 4.40 Å². The molecule has 0 aliphatic rings. The van der Waals surface area contributed by atoms with E-state index in [-0.39, 0.29) is 30.6 Å². The molecule has 1 rings (SSSR count). The maximum atomic E-state index is 11.8. The van der Waals surface area contributed by atoms with Crippen molar-refractivity contribution >= 4 is 19.7 Å². The average Bonchev–Trinajstić information content (AvgIpc) is 3.03. The summed E-state index contributed by atoms with van der Waals surface area (Å²) in [5, 5.41) is 0. The quantitative estimate of drug-likeness (QED) is 0.381. The van der Waals surface area contributed by atoms with Crippen LogP contribution in [0.1, 0.15) is 41.5 Å². The zero-order valence-electron chi connectivity index (χ0n) is 16.0. The molecule has 0 atom stereocenters. The van der Waals surface area contributed by atoms with E-state index in [1.165, 1.54) is 12.1 Å². The number of halogens is 2. The first-order valence-electron chi connectivity index (χ1n) is 8.05. The van der Waals surface area contributed by atoms with Crippen LogP contribution in [-0.4, -0.2) is 34.9 Å². The minimum absolute atomic E-state index is 0. The molecular weight excluding hydrogens is 448 g/mol. The van der Waals surface area contributed by atoms with Crippen LogP contribution in [0.5, 0.6) is 0 Å². The van der Waals surface area contributed by atoms with E-state index < -0.39 is 15.3 Å². The maximum absolute atomic E-state index is 11.8. The summed E-state index contributed by atoms with van der Waals surface area (Å²) in [6.07, 6.45) is 0. The molecule has 0 unspecified atom stereocenters. The van der Waals surface area contributed by atoms with Crippen LogP contribution in [0.4, 0.5) is 7.00 Å². The molecular formula is C17H35F2GeN3Zr. The van der Waals surface area contributed by atoms with Crippen LogP contribution >= 0.6 is 0 Å². The Labute approximate surface area is 172 Å². The first kappa shape index (κ1) is 32.2. The third kappa shape index (κ3) is 34.0. The maximum Gasteiger partial charge on any atom is 4.00 e. The fraction of sp³-hybridized carbons (Fsp3) is 0.706. The van der Waals surface area contributed by atoms with Gasteiger partial charge in [-0.25, -0.2) is 0 Å². The second kappa shape index (κ2) is 23.5. The van der Waals surface area contributed by atoms with Gasteiger partial charge in [-0.1, -0.05) is 59.3 Å². The Hall–Kier alpha value is 0.516. The second-order valence-electron chi connectivity index (χ2n) is 6.31. The Kier molecular flexibility index (Phi) is 31.6. The van der Waals surface area contributed by atoms with Gasteiger partial charge in [0.15, 0.2) is 0 Å². The monoisotopic (exact) mass is 483 g/mol. The van der Waals surface area contributed by atoms with Gasteiger partial charge in [0.2, 0.25) is 0 Å². The zero-order valence-corrected chi connectivity index (χ0v) is 20.9. The third-order valence-electron chi connectivity index (χ3n) is 2.17. The zero-order chi connectivity index (χ0) is 18.8. The van der Waals surface area contributed by atoms with E-state index in [0.29, 0.717) is 37.4 Å². The number of hydrogen-bond acceptors (Lipinski definition) is 0. The van der Waals surface area contributed by atoms with Crippen molar-refractivity contribution in [1.29, 1.82) is 0 Å². The minimum atomic E-state index is -3.89. The van der Waals surface area contributed by atoms with E-state index in [9.17, 15) is 7.00 Å². The molecule has 0 aliphatic heterocycles. The smallest absolute Gasteiger partial charge is 4.00 e. The molecule has 0 saturated heterocycles. The molecule has 0 aromatic heterocycles. The van der Waals surface area contributed by atoms with Crippen molar-refractivity contribution in [2.75, 3.05) is 19.6 Å². The van der Waals surface area contributed by atoms with Gasteiger partial charge in [0.05, 0.1) is 0 Å². The molecule has 0 radical (unpaired) electrons. The normalized spacial score (nSPS) is 9.46. The van der Waals surface area contributed by atoms with Crippen LogP contribution in [0, 0.1) is 17.8 Å². The van der Waals surface area contributed by atoms with E-state index in [1.54, 1.807) is 12.1 Å². The molecule has 0 bridgehead atoms. The van der Waals surface area contributed by atoms with Gasteiger partial charge in [-0.3, -0.25) is 0 Å². The van der Waals surface area contributed by atoms with E-state index in [0.717, 1.165) is 0 Å². The van der Waals surface area contributed by atoms with E-state index in [4.69, 9.17) is 17.2 Å². The molecule has 0 spiro atoms. The molecule has 1 aromatic carbocycles. The van der Waals surface area contributed by atoms with Crippen molar-refractivity contribution < 1.29 is 33.2 Å². The van der Waals surface area contributed by atoms with Crippen LogP contribution in [0.2, 0.25) is 0 Å². The molecule has 0 aliphatic carbocycles. The molecule has 0 heterocycles. The van der Waals surface area contributed by atoms with Crippen molar-refractivity contribution in [1.82, 2.24) is 0 Å². The van der Waals surface area contributed by atoms with Crippen molar-refractivity contribution in [3.05, 3.63) is 41.5 Å². The van der Waals surface area contributed by atoms with Crippen LogP contribution in [0.15, 0.2) is 24.3 Å². The predicted octanol–water partition coefficient (Wildman–Crippen LogP) is 5.85. The Bertz CT molecular complexity index is 290. The van der Waals surface area contributed by atoms with Gasteiger partial charge in [-0.05, 0) is 0 Å². The molecule has 7 heteroatoms. The standard InChI is InChI=1S/C5H5F2Ge.3C4H10N.Zr/c6-8(7)5-3-1-2-4-5;3*1-4(2)3-5;/h1-4,8H;3*4-5H,3H2,1-2H3;/q4*-1;+4. The Balaban J connectivity index is -0.000000113. The molecule has 0 fully saturated rings. The first-order chi connectivity index (χ1) is 10.6. The molecule has 140 valence electrons. The van der Waals surface area contributed by atoms with Crippen LogP contribution in [0.3, 0.4) is 0 Å².